The Bertz CT molecular complexity index is 766. The third-order valence-electron chi connectivity index (χ3n) is 2.44. The van der Waals surface area contributed by atoms with Crippen molar-refractivity contribution >= 4 is 42.4 Å². The highest BCUT2D eigenvalue weighted by Gasteiger charge is 2.25. The summed E-state index contributed by atoms with van der Waals surface area (Å²) in [4.78, 5) is 14.0. The first-order chi connectivity index (χ1) is 8.73. The molecule has 0 saturated heterocycles. The maximum atomic E-state index is 12.0. The van der Waals surface area contributed by atoms with Gasteiger partial charge in [-0.1, -0.05) is 11.3 Å². The van der Waals surface area contributed by atoms with Gasteiger partial charge >= 0.3 is 0 Å². The van der Waals surface area contributed by atoms with Gasteiger partial charge in [0.1, 0.15) is 0 Å². The van der Waals surface area contributed by atoms with Crippen LogP contribution in [0.25, 0.3) is 10.2 Å². The second-order valence-corrected chi connectivity index (χ2v) is 7.10. The maximum Gasteiger partial charge on any atom is 0.297 e. The lowest BCUT2D eigenvalue weighted by Gasteiger charge is -2.10. The molecule has 8 nitrogen and oxygen atoms in total. The second-order valence-electron chi connectivity index (χ2n) is 3.89. The van der Waals surface area contributed by atoms with E-state index in [9.17, 15) is 18.5 Å². The summed E-state index contributed by atoms with van der Waals surface area (Å²) in [7, 11) is -1.04. The lowest BCUT2D eigenvalue weighted by Crippen LogP contribution is -2.22. The van der Waals surface area contributed by atoms with Gasteiger partial charge in [0.05, 0.1) is 14.5 Å². The number of nitro groups is 1. The Morgan fingerprint density at radius 3 is 2.58 bits per heavy atom. The number of nitrogens with two attached hydrogens (primary N) is 1. The van der Waals surface area contributed by atoms with E-state index in [4.69, 9.17) is 5.73 Å². The van der Waals surface area contributed by atoms with E-state index in [0.29, 0.717) is 4.70 Å². The highest BCUT2D eigenvalue weighted by atomic mass is 32.2. The van der Waals surface area contributed by atoms with Crippen molar-refractivity contribution in [1.29, 1.82) is 0 Å². The van der Waals surface area contributed by atoms with Crippen LogP contribution in [0, 0.1) is 10.1 Å². The minimum Gasteiger partial charge on any atom is -0.375 e. The van der Waals surface area contributed by atoms with Crippen molar-refractivity contribution in [2.75, 3.05) is 19.8 Å². The molecule has 0 aliphatic heterocycles. The van der Waals surface area contributed by atoms with E-state index in [1.807, 2.05) is 0 Å². The molecule has 2 N–H and O–H groups in total. The summed E-state index contributed by atoms with van der Waals surface area (Å²) >= 11 is 1.00. The highest BCUT2D eigenvalue weighted by Crippen LogP contribution is 2.34. The molecule has 2 aromatic rings. The monoisotopic (exact) mass is 302 g/mol. The van der Waals surface area contributed by atoms with Crippen LogP contribution in [0.15, 0.2) is 17.0 Å². The molecule has 0 radical (unpaired) electrons. The molecular formula is C9H10N4O4S2. The number of hydrogen-bond acceptors (Lipinski definition) is 7. The number of nitro benzene ring substituents is 1. The van der Waals surface area contributed by atoms with Gasteiger partial charge in [0, 0.05) is 20.2 Å². The van der Waals surface area contributed by atoms with Crippen molar-refractivity contribution in [3.63, 3.8) is 0 Å². The summed E-state index contributed by atoms with van der Waals surface area (Å²) in [5.41, 5.74) is 5.24. The molecule has 19 heavy (non-hydrogen) atoms. The van der Waals surface area contributed by atoms with Crippen molar-refractivity contribution in [1.82, 2.24) is 9.29 Å². The molecule has 102 valence electrons. The molecule has 0 bridgehead atoms. The van der Waals surface area contributed by atoms with E-state index in [-0.39, 0.29) is 21.2 Å². The number of non-ortho nitro benzene ring substituents is 1. The molecule has 1 aromatic carbocycles. The van der Waals surface area contributed by atoms with E-state index < -0.39 is 14.9 Å². The molecule has 0 aliphatic carbocycles. The number of aromatic nitrogens is 1. The third kappa shape index (κ3) is 2.25. The zero-order valence-electron chi connectivity index (χ0n) is 10.0. The Balaban J connectivity index is 2.83. The number of anilines is 1. The number of nitrogens with zero attached hydrogens (tertiary/aromatic N) is 3. The van der Waals surface area contributed by atoms with Crippen molar-refractivity contribution in [3.8, 4) is 0 Å². The van der Waals surface area contributed by atoms with Gasteiger partial charge in [0.2, 0.25) is 10.0 Å². The number of rotatable bonds is 3. The standard InChI is InChI=1S/C9H10N4O4S2/c1-12(2)19(16,17)5-3-6(13(14)15)8-7(4-5)18-9(10)11-8/h3-4H,1-2H3,(H2,10,11). The van der Waals surface area contributed by atoms with E-state index >= 15 is 0 Å². The van der Waals surface area contributed by atoms with Gasteiger partial charge in [-0.2, -0.15) is 0 Å². The average Bonchev–Trinajstić information content (AvgIpc) is 2.66. The fraction of sp³-hybridized carbons (Fsp3) is 0.222. The van der Waals surface area contributed by atoms with Crippen LogP contribution in [-0.4, -0.2) is 36.7 Å². The molecule has 0 spiro atoms. The van der Waals surface area contributed by atoms with Crippen molar-refractivity contribution in [2.45, 2.75) is 4.90 Å². The van der Waals surface area contributed by atoms with Gasteiger partial charge in [0.15, 0.2) is 10.6 Å². The van der Waals surface area contributed by atoms with Crippen molar-refractivity contribution < 1.29 is 13.3 Å². The Hall–Kier alpha value is -1.78. The molecule has 0 aliphatic rings. The quantitative estimate of drug-likeness (QED) is 0.668. The molecule has 10 heteroatoms. The Morgan fingerprint density at radius 1 is 1.42 bits per heavy atom. The van der Waals surface area contributed by atoms with Crippen molar-refractivity contribution in [2.24, 2.45) is 0 Å². The number of hydrogen-bond donors (Lipinski definition) is 1. The lowest BCUT2D eigenvalue weighted by molar-refractivity contribution is -0.383. The molecule has 0 saturated carbocycles. The maximum absolute atomic E-state index is 12.0. The first-order valence-corrected chi connectivity index (χ1v) is 7.26. The summed E-state index contributed by atoms with van der Waals surface area (Å²) in [6, 6.07) is 2.34. The number of thiazole rings is 1. The molecular weight excluding hydrogens is 292 g/mol. The predicted octanol–water partition coefficient (Wildman–Crippen LogP) is 1.04. The summed E-state index contributed by atoms with van der Waals surface area (Å²) < 4.78 is 25.4. The smallest absolute Gasteiger partial charge is 0.297 e. The van der Waals surface area contributed by atoms with Crippen LogP contribution in [0.1, 0.15) is 0 Å². The van der Waals surface area contributed by atoms with E-state index in [1.54, 1.807) is 0 Å². The predicted molar refractivity (Wildman–Crippen MR) is 71.6 cm³/mol. The van der Waals surface area contributed by atoms with Crippen LogP contribution < -0.4 is 5.73 Å². The zero-order valence-corrected chi connectivity index (χ0v) is 11.7. The van der Waals surface area contributed by atoms with E-state index in [1.165, 1.54) is 20.2 Å². The molecule has 1 heterocycles. The summed E-state index contributed by atoms with van der Waals surface area (Å²) in [6.07, 6.45) is 0. The van der Waals surface area contributed by atoms with Gasteiger partial charge in [-0.05, 0) is 6.07 Å². The minimum absolute atomic E-state index is 0.102. The van der Waals surface area contributed by atoms with Crippen LogP contribution in [-0.2, 0) is 10.0 Å². The fourth-order valence-electron chi connectivity index (χ4n) is 1.50. The van der Waals surface area contributed by atoms with Gasteiger partial charge in [-0.15, -0.1) is 0 Å². The SMILES string of the molecule is CN(C)S(=O)(=O)c1cc([N+](=O)[O-])c2nc(N)sc2c1. The fourth-order valence-corrected chi connectivity index (χ4v) is 3.32. The molecule has 2 rings (SSSR count). The van der Waals surface area contributed by atoms with Gasteiger partial charge in [0.25, 0.3) is 5.69 Å². The first-order valence-electron chi connectivity index (χ1n) is 5.00. The van der Waals surface area contributed by atoms with Crippen LogP contribution >= 0.6 is 11.3 Å². The van der Waals surface area contributed by atoms with Crippen LogP contribution in [0.4, 0.5) is 10.8 Å². The summed E-state index contributed by atoms with van der Waals surface area (Å²) in [5, 5.41) is 11.1. The minimum atomic E-state index is -3.75. The van der Waals surface area contributed by atoms with Gasteiger partial charge in [-0.25, -0.2) is 17.7 Å². The van der Waals surface area contributed by atoms with Crippen LogP contribution in [0.5, 0.6) is 0 Å². The summed E-state index contributed by atoms with van der Waals surface area (Å²) in [6.45, 7) is 0. The number of nitrogen functional groups attached to an aromatic ring is 1. The molecule has 0 amide bonds. The summed E-state index contributed by atoms with van der Waals surface area (Å²) in [5.74, 6) is 0. The molecule has 0 atom stereocenters. The van der Waals surface area contributed by atoms with Gasteiger partial charge in [-0.3, -0.25) is 10.1 Å². The Morgan fingerprint density at radius 2 is 2.05 bits per heavy atom. The average molecular weight is 302 g/mol. The number of fused-ring (bicyclic) bond motifs is 1. The van der Waals surface area contributed by atoms with E-state index in [2.05, 4.69) is 4.98 Å². The van der Waals surface area contributed by atoms with Crippen LogP contribution in [0.3, 0.4) is 0 Å². The topological polar surface area (TPSA) is 119 Å². The normalized spacial score (nSPS) is 12.2. The largest absolute Gasteiger partial charge is 0.375 e. The van der Waals surface area contributed by atoms with Crippen molar-refractivity contribution in [3.05, 3.63) is 22.2 Å². The molecule has 1 aromatic heterocycles. The van der Waals surface area contributed by atoms with E-state index in [0.717, 1.165) is 21.7 Å². The van der Waals surface area contributed by atoms with Gasteiger partial charge < -0.3 is 5.73 Å². The zero-order chi connectivity index (χ0) is 14.4. The number of benzene rings is 1. The molecule has 0 unspecified atom stereocenters. The third-order valence-corrected chi connectivity index (χ3v) is 5.06. The first kappa shape index (κ1) is 13.6. The lowest BCUT2D eigenvalue weighted by atomic mass is 10.3. The Labute approximate surface area is 112 Å². The second kappa shape index (κ2) is 4.40. The van der Waals surface area contributed by atoms with Crippen LogP contribution in [0.2, 0.25) is 0 Å². The Kier molecular flexibility index (Phi) is 3.16. The molecule has 0 fully saturated rings. The number of sulfonamides is 1. The highest BCUT2D eigenvalue weighted by molar-refractivity contribution is 7.89.